The maximum atomic E-state index is 13.7. The van der Waals surface area contributed by atoms with Crippen LogP contribution in [0, 0.1) is 5.92 Å². The predicted molar refractivity (Wildman–Crippen MR) is 161 cm³/mol. The van der Waals surface area contributed by atoms with E-state index in [0.29, 0.717) is 24.4 Å². The molecule has 0 aromatic heterocycles. The summed E-state index contributed by atoms with van der Waals surface area (Å²) in [6.07, 6.45) is 7.98. The number of Topliss-reactive ketones (excluding diaryl/α,β-unsaturated/α-hetero) is 1. The van der Waals surface area contributed by atoms with Gasteiger partial charge in [0.2, 0.25) is 5.91 Å². The van der Waals surface area contributed by atoms with Gasteiger partial charge in [0.1, 0.15) is 18.7 Å². The Morgan fingerprint density at radius 1 is 0.974 bits per heavy atom. The van der Waals surface area contributed by atoms with Crippen molar-refractivity contribution in [2.24, 2.45) is 5.92 Å². The molecule has 2 amide bonds. The molecule has 3 heterocycles. The van der Waals surface area contributed by atoms with Crippen LogP contribution in [-0.4, -0.2) is 78.4 Å². The molecule has 1 saturated carbocycles. The minimum atomic E-state index is -0.590. The molecule has 3 saturated heterocycles. The van der Waals surface area contributed by atoms with Crippen LogP contribution in [0.4, 0.5) is 0 Å². The zero-order chi connectivity index (χ0) is 24.4. The number of carbonyl (C=O) groups excluding carboxylic acids is 3. The summed E-state index contributed by atoms with van der Waals surface area (Å²) in [5.74, 6) is 0.317. The molecule has 7 nitrogen and oxygen atoms in total. The highest BCUT2D eigenvalue weighted by Crippen LogP contribution is 2.32. The number of rotatable bonds is 6. The number of nitrogens with zero attached hydrogens (tertiary/aromatic N) is 2. The molecule has 0 bridgehead atoms. The minimum absolute atomic E-state index is 0. The summed E-state index contributed by atoms with van der Waals surface area (Å²) >= 11 is 0. The smallest absolute Gasteiger partial charge is 0.251 e. The van der Waals surface area contributed by atoms with E-state index in [9.17, 15) is 14.4 Å². The highest BCUT2D eigenvalue weighted by atomic mass is 32.1. The summed E-state index contributed by atoms with van der Waals surface area (Å²) in [6, 6.07) is 6.90. The van der Waals surface area contributed by atoms with Crippen LogP contribution in [0.15, 0.2) is 24.3 Å². The Bertz CT molecular complexity index is 930. The molecule has 1 N–H and O–H groups in total. The van der Waals surface area contributed by atoms with Crippen LogP contribution in [0.5, 0.6) is 0 Å². The lowest BCUT2D eigenvalue weighted by molar-refractivity contribution is -0.139. The molecule has 0 unspecified atom stereocenters. The number of benzene rings is 1. The number of hydrogen-bond acceptors (Lipinski definition) is 5. The topological polar surface area (TPSA) is 79.0 Å². The SMILES string of the molecule is C.CCN1CCC(c2ccc(C(=O)N[C@H](C(=O)N3CC[C@H]4OCC(=O)[C@H]43)C3CCCCC3)cc2)CC1.S.S. The fourth-order valence-electron chi connectivity index (χ4n) is 6.58. The lowest BCUT2D eigenvalue weighted by atomic mass is 9.83. The fourth-order valence-corrected chi connectivity index (χ4v) is 6.58. The number of hydrogen-bond donors (Lipinski definition) is 1. The number of ether oxygens (including phenoxy) is 1. The van der Waals surface area contributed by atoms with E-state index in [0.717, 1.165) is 58.2 Å². The van der Waals surface area contributed by atoms with E-state index in [2.05, 4.69) is 29.3 Å². The Morgan fingerprint density at radius 3 is 2.26 bits per heavy atom. The number of piperidine rings is 1. The van der Waals surface area contributed by atoms with E-state index in [1.165, 1.54) is 12.0 Å². The lowest BCUT2D eigenvalue weighted by Gasteiger charge is -2.34. The van der Waals surface area contributed by atoms with Crippen LogP contribution in [0.1, 0.15) is 87.6 Å². The number of ketones is 1. The first-order chi connectivity index (χ1) is 17.0. The molecule has 0 radical (unpaired) electrons. The lowest BCUT2D eigenvalue weighted by Crippen LogP contribution is -2.55. The summed E-state index contributed by atoms with van der Waals surface area (Å²) in [7, 11) is 0. The Morgan fingerprint density at radius 2 is 1.63 bits per heavy atom. The second-order valence-electron chi connectivity index (χ2n) is 10.8. The highest BCUT2D eigenvalue weighted by molar-refractivity contribution is 7.59. The second-order valence-corrected chi connectivity index (χ2v) is 10.8. The molecule has 9 heteroatoms. The van der Waals surface area contributed by atoms with E-state index < -0.39 is 12.1 Å². The van der Waals surface area contributed by atoms with Gasteiger partial charge in [-0.05, 0) is 81.3 Å². The molecular weight excluding hydrogens is 518 g/mol. The van der Waals surface area contributed by atoms with Crippen LogP contribution < -0.4 is 5.32 Å². The molecule has 38 heavy (non-hydrogen) atoms. The van der Waals surface area contributed by atoms with Crippen LogP contribution in [-0.2, 0) is 14.3 Å². The molecule has 0 spiro atoms. The average molecular weight is 566 g/mol. The Labute approximate surface area is 242 Å². The molecule has 1 aromatic carbocycles. The Balaban J connectivity index is 0.00000169. The van der Waals surface area contributed by atoms with Crippen molar-refractivity contribution in [2.45, 2.75) is 89.8 Å². The van der Waals surface area contributed by atoms with Gasteiger partial charge in [0.05, 0.1) is 6.10 Å². The van der Waals surface area contributed by atoms with Crippen molar-refractivity contribution in [2.75, 3.05) is 32.8 Å². The summed E-state index contributed by atoms with van der Waals surface area (Å²) in [5, 5.41) is 3.10. The van der Waals surface area contributed by atoms with Crippen LogP contribution in [0.3, 0.4) is 0 Å². The van der Waals surface area contributed by atoms with Gasteiger partial charge in [0.15, 0.2) is 5.78 Å². The number of nitrogens with one attached hydrogen (secondary N) is 1. The monoisotopic (exact) mass is 565 g/mol. The summed E-state index contributed by atoms with van der Waals surface area (Å²) in [4.78, 5) is 43.6. The normalized spacial score (nSPS) is 25.0. The van der Waals surface area contributed by atoms with E-state index >= 15 is 0 Å². The largest absolute Gasteiger partial charge is 0.368 e. The minimum Gasteiger partial charge on any atom is -0.368 e. The molecular formula is C29H47N3O4S2. The first-order valence-corrected chi connectivity index (χ1v) is 13.6. The molecule has 3 aliphatic heterocycles. The Kier molecular flexibility index (Phi) is 12.7. The zero-order valence-corrected chi connectivity index (χ0v) is 23.9. The van der Waals surface area contributed by atoms with Gasteiger partial charge in [-0.2, -0.15) is 27.0 Å². The van der Waals surface area contributed by atoms with Crippen LogP contribution in [0.25, 0.3) is 0 Å². The van der Waals surface area contributed by atoms with Crippen molar-refractivity contribution in [1.29, 1.82) is 0 Å². The zero-order valence-electron chi connectivity index (χ0n) is 21.9. The van der Waals surface area contributed by atoms with E-state index in [1.807, 2.05) is 12.1 Å². The van der Waals surface area contributed by atoms with Crippen molar-refractivity contribution >= 4 is 44.6 Å². The van der Waals surface area contributed by atoms with Crippen molar-refractivity contribution in [3.05, 3.63) is 35.4 Å². The van der Waals surface area contributed by atoms with Crippen molar-refractivity contribution < 1.29 is 19.1 Å². The number of carbonyl (C=O) groups is 3. The summed E-state index contributed by atoms with van der Waals surface area (Å²) in [6.45, 7) is 6.17. The quantitative estimate of drug-likeness (QED) is 0.564. The van der Waals surface area contributed by atoms with Gasteiger partial charge < -0.3 is 19.9 Å². The molecule has 214 valence electrons. The standard InChI is InChI=1S/C28H39N3O4.CH4.2H2S/c1-2-30-15-12-20(13-16-30)19-8-10-22(11-9-19)27(33)29-25(21-6-4-3-5-7-21)28(34)31-17-14-24-26(31)23(32)18-35-24;;;/h8-11,20-21,24-26H,2-7,12-18H2,1H3,(H,29,33);1H4;2*1H2/t24-,25+,26-;;;/m1.../s1. The Hall–Kier alpha value is -1.55. The van der Waals surface area contributed by atoms with Crippen LogP contribution in [0.2, 0.25) is 0 Å². The van der Waals surface area contributed by atoms with Gasteiger partial charge in [0.25, 0.3) is 5.91 Å². The molecule has 1 aromatic rings. The predicted octanol–water partition coefficient (Wildman–Crippen LogP) is 4.00. The van der Waals surface area contributed by atoms with Crippen molar-refractivity contribution in [3.63, 3.8) is 0 Å². The van der Waals surface area contributed by atoms with Gasteiger partial charge >= 0.3 is 0 Å². The number of amides is 2. The third-order valence-corrected chi connectivity index (χ3v) is 8.75. The maximum absolute atomic E-state index is 13.7. The van der Waals surface area contributed by atoms with Gasteiger partial charge in [-0.25, -0.2) is 0 Å². The average Bonchev–Trinajstić information content (AvgIpc) is 3.50. The first-order valence-electron chi connectivity index (χ1n) is 13.6. The number of fused-ring (bicyclic) bond motifs is 1. The first kappa shape index (κ1) is 32.7. The molecule has 1 aliphatic carbocycles. The molecule has 4 aliphatic rings. The highest BCUT2D eigenvalue weighted by Gasteiger charge is 2.49. The van der Waals surface area contributed by atoms with E-state index in [1.54, 1.807) is 4.90 Å². The second kappa shape index (κ2) is 14.7. The van der Waals surface area contributed by atoms with Gasteiger partial charge in [-0.15, -0.1) is 0 Å². The molecule has 4 fully saturated rings. The summed E-state index contributed by atoms with van der Waals surface area (Å²) < 4.78 is 5.59. The third kappa shape index (κ3) is 6.95. The maximum Gasteiger partial charge on any atom is 0.251 e. The van der Waals surface area contributed by atoms with E-state index in [4.69, 9.17) is 4.74 Å². The van der Waals surface area contributed by atoms with Crippen LogP contribution >= 0.6 is 27.0 Å². The third-order valence-electron chi connectivity index (χ3n) is 8.75. The van der Waals surface area contributed by atoms with Crippen molar-refractivity contribution in [1.82, 2.24) is 15.1 Å². The van der Waals surface area contributed by atoms with Crippen molar-refractivity contribution in [3.8, 4) is 0 Å². The number of likely N-dealkylation sites (tertiary alicyclic amines) is 2. The fraction of sp³-hybridized carbons (Fsp3) is 0.690. The van der Waals surface area contributed by atoms with E-state index in [-0.39, 0.29) is 70.6 Å². The van der Waals surface area contributed by atoms with Gasteiger partial charge in [-0.3, -0.25) is 14.4 Å². The summed E-state index contributed by atoms with van der Waals surface area (Å²) in [5.41, 5.74) is 1.88. The van der Waals surface area contributed by atoms with Gasteiger partial charge in [0, 0.05) is 12.1 Å². The molecule has 5 rings (SSSR count). The van der Waals surface area contributed by atoms with Gasteiger partial charge in [-0.1, -0.05) is 45.7 Å². The molecule has 3 atom stereocenters.